The average Bonchev–Trinajstić information content (AvgIpc) is 3.16. The van der Waals surface area contributed by atoms with Crippen LogP contribution in [0.4, 0.5) is 0 Å². The van der Waals surface area contributed by atoms with Crippen molar-refractivity contribution in [1.82, 2.24) is 15.2 Å². The lowest BCUT2D eigenvalue weighted by molar-refractivity contribution is 0.0685. The van der Waals surface area contributed by atoms with Crippen molar-refractivity contribution < 1.29 is 9.53 Å². The second-order valence-electron chi connectivity index (χ2n) is 6.31. The van der Waals surface area contributed by atoms with Crippen LogP contribution in [0.1, 0.15) is 30.3 Å². The summed E-state index contributed by atoms with van der Waals surface area (Å²) in [5.74, 6) is 1.55. The molecule has 0 atom stereocenters. The van der Waals surface area contributed by atoms with Gasteiger partial charge in [-0.1, -0.05) is 6.92 Å². The standard InChI is InChI=1S/C19H25N3O2S.2ClH/c1-3-20-12-14-8-10-22(11-9-14)19(23)17-13-25-18(21-17)15-4-6-16(24-2)7-5-15;;/h4-7,13-14,20H,3,8-12H2,1-2H3;2*1H. The summed E-state index contributed by atoms with van der Waals surface area (Å²) in [4.78, 5) is 19.2. The van der Waals surface area contributed by atoms with E-state index in [-0.39, 0.29) is 30.7 Å². The van der Waals surface area contributed by atoms with Crippen molar-refractivity contribution in [2.24, 2.45) is 5.92 Å². The molecule has 27 heavy (non-hydrogen) atoms. The zero-order chi connectivity index (χ0) is 17.6. The summed E-state index contributed by atoms with van der Waals surface area (Å²) < 4.78 is 5.18. The Morgan fingerprint density at radius 3 is 2.52 bits per heavy atom. The first kappa shape index (κ1) is 23.7. The van der Waals surface area contributed by atoms with Gasteiger partial charge in [0.2, 0.25) is 0 Å². The fourth-order valence-corrected chi connectivity index (χ4v) is 3.89. The first-order valence-corrected chi connectivity index (χ1v) is 9.69. The minimum absolute atomic E-state index is 0. The molecular weight excluding hydrogens is 405 g/mol. The van der Waals surface area contributed by atoms with E-state index >= 15 is 0 Å². The Morgan fingerprint density at radius 2 is 1.93 bits per heavy atom. The number of amides is 1. The summed E-state index contributed by atoms with van der Waals surface area (Å²) in [6.45, 7) is 5.83. The van der Waals surface area contributed by atoms with Gasteiger partial charge in [0.25, 0.3) is 5.91 Å². The first-order valence-electron chi connectivity index (χ1n) is 8.81. The number of halogens is 2. The molecule has 0 spiro atoms. The molecule has 1 aliphatic heterocycles. The number of piperidine rings is 1. The lowest BCUT2D eigenvalue weighted by Crippen LogP contribution is -2.40. The Balaban J connectivity index is 0.00000182. The Labute approximate surface area is 177 Å². The summed E-state index contributed by atoms with van der Waals surface area (Å²) in [7, 11) is 1.65. The number of hydrogen-bond donors (Lipinski definition) is 1. The summed E-state index contributed by atoms with van der Waals surface area (Å²) in [5, 5.41) is 6.14. The average molecular weight is 432 g/mol. The van der Waals surface area contributed by atoms with Gasteiger partial charge in [0, 0.05) is 24.0 Å². The number of nitrogens with one attached hydrogen (secondary N) is 1. The molecule has 150 valence electrons. The van der Waals surface area contributed by atoms with E-state index in [1.807, 2.05) is 34.5 Å². The minimum Gasteiger partial charge on any atom is -0.497 e. The largest absolute Gasteiger partial charge is 0.497 e. The maximum absolute atomic E-state index is 12.7. The van der Waals surface area contributed by atoms with Crippen LogP contribution < -0.4 is 10.1 Å². The van der Waals surface area contributed by atoms with Gasteiger partial charge >= 0.3 is 0 Å². The van der Waals surface area contributed by atoms with Gasteiger partial charge in [-0.15, -0.1) is 36.2 Å². The molecule has 0 saturated carbocycles. The van der Waals surface area contributed by atoms with Crippen molar-refractivity contribution in [1.29, 1.82) is 0 Å². The highest BCUT2D eigenvalue weighted by Gasteiger charge is 2.25. The molecule has 0 aliphatic carbocycles. The van der Waals surface area contributed by atoms with Crippen LogP contribution in [-0.4, -0.2) is 49.1 Å². The van der Waals surface area contributed by atoms with Crippen LogP contribution in [0, 0.1) is 5.92 Å². The summed E-state index contributed by atoms with van der Waals surface area (Å²) in [6.07, 6.45) is 2.13. The van der Waals surface area contributed by atoms with E-state index in [1.165, 1.54) is 11.3 Å². The molecule has 1 amide bonds. The molecule has 5 nitrogen and oxygen atoms in total. The quantitative estimate of drug-likeness (QED) is 0.746. The molecular formula is C19H27Cl2N3O2S. The third-order valence-corrected chi connectivity index (χ3v) is 5.54. The summed E-state index contributed by atoms with van der Waals surface area (Å²) >= 11 is 1.51. The molecule has 2 aromatic rings. The highest BCUT2D eigenvalue weighted by molar-refractivity contribution is 7.13. The number of thiazole rings is 1. The highest BCUT2D eigenvalue weighted by Crippen LogP contribution is 2.27. The zero-order valence-corrected chi connectivity index (χ0v) is 18.1. The zero-order valence-electron chi connectivity index (χ0n) is 15.6. The van der Waals surface area contributed by atoms with Gasteiger partial charge in [-0.3, -0.25) is 4.79 Å². The van der Waals surface area contributed by atoms with Crippen LogP contribution >= 0.6 is 36.2 Å². The molecule has 1 fully saturated rings. The van der Waals surface area contributed by atoms with Gasteiger partial charge in [-0.05, 0) is 56.1 Å². The lowest BCUT2D eigenvalue weighted by Gasteiger charge is -2.31. The van der Waals surface area contributed by atoms with Gasteiger partial charge in [0.1, 0.15) is 16.5 Å². The maximum Gasteiger partial charge on any atom is 0.273 e. The monoisotopic (exact) mass is 431 g/mol. The van der Waals surface area contributed by atoms with Gasteiger partial charge in [0.05, 0.1) is 7.11 Å². The van der Waals surface area contributed by atoms with Crippen molar-refractivity contribution in [2.45, 2.75) is 19.8 Å². The number of methoxy groups -OCH3 is 1. The fraction of sp³-hybridized carbons (Fsp3) is 0.474. The third-order valence-electron chi connectivity index (χ3n) is 4.65. The van der Waals surface area contributed by atoms with Gasteiger partial charge < -0.3 is 15.0 Å². The van der Waals surface area contributed by atoms with Crippen molar-refractivity contribution in [3.8, 4) is 16.3 Å². The molecule has 0 unspecified atom stereocenters. The lowest BCUT2D eigenvalue weighted by atomic mass is 9.96. The smallest absolute Gasteiger partial charge is 0.273 e. The number of hydrogen-bond acceptors (Lipinski definition) is 5. The molecule has 1 saturated heterocycles. The first-order chi connectivity index (χ1) is 12.2. The van der Waals surface area contributed by atoms with E-state index in [2.05, 4.69) is 17.2 Å². The Bertz CT molecular complexity index is 701. The van der Waals surface area contributed by atoms with Crippen LogP contribution in [0.15, 0.2) is 29.6 Å². The summed E-state index contributed by atoms with van der Waals surface area (Å²) in [6, 6.07) is 7.76. The van der Waals surface area contributed by atoms with Gasteiger partial charge in [-0.2, -0.15) is 0 Å². The number of carbonyl (C=O) groups is 1. The number of rotatable bonds is 6. The maximum atomic E-state index is 12.7. The van der Waals surface area contributed by atoms with E-state index < -0.39 is 0 Å². The Morgan fingerprint density at radius 1 is 1.26 bits per heavy atom. The second-order valence-corrected chi connectivity index (χ2v) is 7.17. The molecule has 0 radical (unpaired) electrons. The normalized spacial score (nSPS) is 14.2. The van der Waals surface area contributed by atoms with Crippen molar-refractivity contribution in [3.63, 3.8) is 0 Å². The number of benzene rings is 1. The SMILES string of the molecule is CCNCC1CCN(C(=O)c2csc(-c3ccc(OC)cc3)n2)CC1.Cl.Cl. The fourth-order valence-electron chi connectivity index (χ4n) is 3.09. The topological polar surface area (TPSA) is 54.5 Å². The molecule has 1 N–H and O–H groups in total. The van der Waals surface area contributed by atoms with Crippen molar-refractivity contribution in [3.05, 3.63) is 35.3 Å². The number of ether oxygens (including phenoxy) is 1. The van der Waals surface area contributed by atoms with E-state index in [0.29, 0.717) is 11.6 Å². The number of nitrogens with zero attached hydrogens (tertiary/aromatic N) is 2. The highest BCUT2D eigenvalue weighted by atomic mass is 35.5. The van der Waals surface area contributed by atoms with Crippen LogP contribution in [-0.2, 0) is 0 Å². The van der Waals surface area contributed by atoms with Crippen LogP contribution in [0.3, 0.4) is 0 Å². The molecule has 1 aromatic heterocycles. The summed E-state index contributed by atoms with van der Waals surface area (Å²) in [5.41, 5.74) is 1.56. The molecule has 8 heteroatoms. The predicted molar refractivity (Wildman–Crippen MR) is 116 cm³/mol. The molecule has 2 heterocycles. The Hall–Kier alpha value is -1.34. The van der Waals surface area contributed by atoms with E-state index in [0.717, 1.165) is 55.3 Å². The molecule has 1 aromatic carbocycles. The van der Waals surface area contributed by atoms with Crippen molar-refractivity contribution >= 4 is 42.1 Å². The van der Waals surface area contributed by atoms with Gasteiger partial charge in [-0.25, -0.2) is 4.98 Å². The second kappa shape index (κ2) is 11.5. The minimum atomic E-state index is 0. The predicted octanol–water partition coefficient (Wildman–Crippen LogP) is 4.12. The van der Waals surface area contributed by atoms with Crippen LogP contribution in [0.25, 0.3) is 10.6 Å². The van der Waals surface area contributed by atoms with Gasteiger partial charge in [0.15, 0.2) is 0 Å². The number of aromatic nitrogens is 1. The van der Waals surface area contributed by atoms with Crippen molar-refractivity contribution in [2.75, 3.05) is 33.3 Å². The molecule has 0 bridgehead atoms. The number of likely N-dealkylation sites (tertiary alicyclic amines) is 1. The van der Waals surface area contributed by atoms with E-state index in [4.69, 9.17) is 4.74 Å². The molecule has 3 rings (SSSR count). The molecule has 1 aliphatic rings. The number of carbonyl (C=O) groups excluding carboxylic acids is 1. The Kier molecular flexibility index (Phi) is 10.1. The van der Waals surface area contributed by atoms with E-state index in [9.17, 15) is 4.79 Å². The van der Waals surface area contributed by atoms with Crippen LogP contribution in [0.2, 0.25) is 0 Å². The van der Waals surface area contributed by atoms with Crippen LogP contribution in [0.5, 0.6) is 5.75 Å². The van der Waals surface area contributed by atoms with E-state index in [1.54, 1.807) is 7.11 Å². The third kappa shape index (κ3) is 6.07.